The lowest BCUT2D eigenvalue weighted by molar-refractivity contribution is -0.113. The molecule has 3 nitrogen and oxygen atoms in total. The van der Waals surface area contributed by atoms with E-state index < -0.39 is 5.54 Å². The number of Topliss-reactive ketones (excluding diaryl/α,β-unsaturated/α-hetero) is 1. The number of nitrogens with zero attached hydrogens (tertiary/aromatic N) is 2. The molecular weight excluding hydrogens is 308 g/mol. The molecule has 3 heteroatoms. The molecule has 0 saturated heterocycles. The van der Waals surface area contributed by atoms with E-state index in [0.717, 1.165) is 16.7 Å². The Morgan fingerprint density at radius 3 is 1.40 bits per heavy atom. The second kappa shape index (κ2) is 6.36. The molecule has 25 heavy (non-hydrogen) atoms. The normalized spacial score (nSPS) is 14.1. The third-order valence-electron chi connectivity index (χ3n) is 4.61. The van der Waals surface area contributed by atoms with Gasteiger partial charge in [-0.15, -0.1) is 0 Å². The lowest BCUT2D eigenvalue weighted by atomic mass is 9.76. The number of carbonyl (C=O) groups excluding carboxylic acids is 1. The largest absolute Gasteiger partial charge is 0.291 e. The van der Waals surface area contributed by atoms with Crippen molar-refractivity contribution >= 4 is 12.0 Å². The molecular formula is C22H18N2O. The number of hydrogen-bond acceptors (Lipinski definition) is 3. The summed E-state index contributed by atoms with van der Waals surface area (Å²) in [7, 11) is 0. The maximum absolute atomic E-state index is 12.0. The monoisotopic (exact) mass is 326 g/mol. The SMILES string of the molecule is O=C1C=NN(C(c2ccccc2)(c2ccccc2)c2ccccc2)C1. The predicted molar refractivity (Wildman–Crippen MR) is 99.4 cm³/mol. The Morgan fingerprint density at radius 1 is 0.680 bits per heavy atom. The van der Waals surface area contributed by atoms with Gasteiger partial charge in [0.25, 0.3) is 0 Å². The molecule has 0 unspecified atom stereocenters. The third kappa shape index (κ3) is 2.54. The number of rotatable bonds is 4. The molecule has 0 fully saturated rings. The zero-order valence-corrected chi connectivity index (χ0v) is 13.7. The van der Waals surface area contributed by atoms with E-state index in [2.05, 4.69) is 41.5 Å². The van der Waals surface area contributed by atoms with Crippen LogP contribution in [0.3, 0.4) is 0 Å². The van der Waals surface area contributed by atoms with Gasteiger partial charge in [0.15, 0.2) is 5.78 Å². The van der Waals surface area contributed by atoms with Crippen molar-refractivity contribution in [3.63, 3.8) is 0 Å². The van der Waals surface area contributed by atoms with E-state index in [-0.39, 0.29) is 12.3 Å². The fourth-order valence-corrected chi connectivity index (χ4v) is 3.55. The molecule has 0 atom stereocenters. The molecule has 1 aliphatic heterocycles. The minimum absolute atomic E-state index is 0.0205. The van der Waals surface area contributed by atoms with Gasteiger partial charge in [0.05, 0.1) is 6.21 Å². The lowest BCUT2D eigenvalue weighted by Gasteiger charge is -2.42. The second-order valence-corrected chi connectivity index (χ2v) is 6.08. The average Bonchev–Trinajstić information content (AvgIpc) is 3.12. The van der Waals surface area contributed by atoms with E-state index in [1.807, 2.05) is 59.6 Å². The number of carbonyl (C=O) groups is 1. The summed E-state index contributed by atoms with van der Waals surface area (Å²) in [6.45, 7) is 0.263. The van der Waals surface area contributed by atoms with Gasteiger partial charge in [-0.2, -0.15) is 5.10 Å². The maximum atomic E-state index is 12.0. The number of hydrogen-bond donors (Lipinski definition) is 0. The zero-order valence-electron chi connectivity index (χ0n) is 13.7. The van der Waals surface area contributed by atoms with E-state index in [1.165, 1.54) is 6.21 Å². The van der Waals surface area contributed by atoms with Gasteiger partial charge in [-0.05, 0) is 16.7 Å². The van der Waals surface area contributed by atoms with E-state index in [4.69, 9.17) is 0 Å². The van der Waals surface area contributed by atoms with Gasteiger partial charge in [-0.1, -0.05) is 91.0 Å². The molecule has 3 aromatic rings. The van der Waals surface area contributed by atoms with Gasteiger partial charge in [0.1, 0.15) is 12.1 Å². The average molecular weight is 326 g/mol. The molecule has 0 aliphatic carbocycles. The van der Waals surface area contributed by atoms with Crippen LogP contribution in [0.1, 0.15) is 16.7 Å². The van der Waals surface area contributed by atoms with Crippen molar-refractivity contribution in [2.24, 2.45) is 5.10 Å². The summed E-state index contributed by atoms with van der Waals surface area (Å²) in [6.07, 6.45) is 1.42. The van der Waals surface area contributed by atoms with E-state index in [9.17, 15) is 4.79 Å². The van der Waals surface area contributed by atoms with Gasteiger partial charge in [-0.3, -0.25) is 9.80 Å². The standard InChI is InChI=1S/C22H18N2O/c25-21-16-23-24(17-21)22(18-10-4-1-5-11-18,19-12-6-2-7-13-19)20-14-8-3-9-15-20/h1-16H,17H2. The van der Waals surface area contributed by atoms with Crippen LogP contribution in [0.25, 0.3) is 0 Å². The van der Waals surface area contributed by atoms with Gasteiger partial charge in [-0.25, -0.2) is 0 Å². The summed E-state index contributed by atoms with van der Waals surface area (Å²) in [5.74, 6) is 0.0205. The van der Waals surface area contributed by atoms with Gasteiger partial charge >= 0.3 is 0 Å². The Kier molecular flexibility index (Phi) is 3.90. The van der Waals surface area contributed by atoms with Crippen molar-refractivity contribution in [3.8, 4) is 0 Å². The first-order chi connectivity index (χ1) is 12.3. The highest BCUT2D eigenvalue weighted by molar-refractivity contribution is 6.29. The zero-order chi connectivity index (χ0) is 17.1. The fraction of sp³-hybridized carbons (Fsp3) is 0.0909. The van der Waals surface area contributed by atoms with E-state index >= 15 is 0 Å². The summed E-state index contributed by atoms with van der Waals surface area (Å²) >= 11 is 0. The highest BCUT2D eigenvalue weighted by Crippen LogP contribution is 2.43. The van der Waals surface area contributed by atoms with Crippen molar-refractivity contribution in [1.29, 1.82) is 0 Å². The fourth-order valence-electron chi connectivity index (χ4n) is 3.55. The van der Waals surface area contributed by atoms with Crippen LogP contribution in [0.15, 0.2) is 96.1 Å². The third-order valence-corrected chi connectivity index (χ3v) is 4.61. The quantitative estimate of drug-likeness (QED) is 0.682. The highest BCUT2D eigenvalue weighted by atomic mass is 16.1. The van der Waals surface area contributed by atoms with Crippen LogP contribution >= 0.6 is 0 Å². The molecule has 1 heterocycles. The maximum Gasteiger partial charge on any atom is 0.196 e. The molecule has 0 radical (unpaired) electrons. The van der Waals surface area contributed by atoms with Crippen LogP contribution in [0, 0.1) is 0 Å². The predicted octanol–water partition coefficient (Wildman–Crippen LogP) is 3.85. The van der Waals surface area contributed by atoms with Crippen LogP contribution < -0.4 is 0 Å². The number of hydrazone groups is 1. The topological polar surface area (TPSA) is 32.7 Å². The first-order valence-corrected chi connectivity index (χ1v) is 8.33. The Labute approximate surface area is 147 Å². The smallest absolute Gasteiger partial charge is 0.196 e. The molecule has 0 bridgehead atoms. The second-order valence-electron chi connectivity index (χ2n) is 6.08. The lowest BCUT2D eigenvalue weighted by Crippen LogP contribution is -2.45. The summed E-state index contributed by atoms with van der Waals surface area (Å²) in [6, 6.07) is 30.7. The number of ketones is 1. The van der Waals surface area contributed by atoms with E-state index in [0.29, 0.717) is 0 Å². The summed E-state index contributed by atoms with van der Waals surface area (Å²) < 4.78 is 0. The Hall–Kier alpha value is -3.20. The van der Waals surface area contributed by atoms with Crippen molar-refractivity contribution in [1.82, 2.24) is 5.01 Å². The molecule has 0 aromatic heterocycles. The van der Waals surface area contributed by atoms with Crippen LogP contribution in [-0.2, 0) is 10.3 Å². The van der Waals surface area contributed by atoms with Crippen LogP contribution in [0.5, 0.6) is 0 Å². The van der Waals surface area contributed by atoms with Crippen molar-refractivity contribution in [2.75, 3.05) is 6.54 Å². The first kappa shape index (κ1) is 15.3. The molecule has 4 rings (SSSR count). The first-order valence-electron chi connectivity index (χ1n) is 8.33. The van der Waals surface area contributed by atoms with Gasteiger partial charge < -0.3 is 0 Å². The highest BCUT2D eigenvalue weighted by Gasteiger charge is 2.43. The molecule has 0 saturated carbocycles. The van der Waals surface area contributed by atoms with Crippen LogP contribution in [0.2, 0.25) is 0 Å². The molecule has 0 amide bonds. The Balaban J connectivity index is 2.05. The van der Waals surface area contributed by atoms with Gasteiger partial charge in [0, 0.05) is 0 Å². The van der Waals surface area contributed by atoms with Crippen molar-refractivity contribution in [2.45, 2.75) is 5.54 Å². The van der Waals surface area contributed by atoms with Crippen molar-refractivity contribution < 1.29 is 4.79 Å². The molecule has 0 N–H and O–H groups in total. The molecule has 0 spiro atoms. The molecule has 3 aromatic carbocycles. The Bertz CT molecular complexity index is 792. The summed E-state index contributed by atoms with van der Waals surface area (Å²) in [5, 5.41) is 6.38. The van der Waals surface area contributed by atoms with E-state index in [1.54, 1.807) is 0 Å². The number of benzene rings is 3. The van der Waals surface area contributed by atoms with Crippen LogP contribution in [0.4, 0.5) is 0 Å². The van der Waals surface area contributed by atoms with Crippen LogP contribution in [-0.4, -0.2) is 23.6 Å². The minimum Gasteiger partial charge on any atom is -0.291 e. The van der Waals surface area contributed by atoms with Crippen molar-refractivity contribution in [3.05, 3.63) is 108 Å². The summed E-state index contributed by atoms with van der Waals surface area (Å²) in [4.78, 5) is 12.0. The summed E-state index contributed by atoms with van der Waals surface area (Å²) in [5.41, 5.74) is 2.60. The van der Waals surface area contributed by atoms with Gasteiger partial charge in [0.2, 0.25) is 0 Å². The molecule has 122 valence electrons. The molecule has 1 aliphatic rings. The minimum atomic E-state index is -0.646. The Morgan fingerprint density at radius 2 is 1.08 bits per heavy atom.